The zero-order valence-electron chi connectivity index (χ0n) is 11.6. The van der Waals surface area contributed by atoms with E-state index in [1.54, 1.807) is 6.07 Å². The molecule has 0 saturated heterocycles. The van der Waals surface area contributed by atoms with Gasteiger partial charge in [-0.05, 0) is 26.8 Å². The molecule has 0 fully saturated rings. The van der Waals surface area contributed by atoms with Crippen molar-refractivity contribution in [3.05, 3.63) is 28.3 Å². The molecule has 0 saturated carbocycles. The van der Waals surface area contributed by atoms with E-state index in [2.05, 4.69) is 0 Å². The van der Waals surface area contributed by atoms with Crippen LogP contribution in [0, 0.1) is 10.1 Å². The first kappa shape index (κ1) is 15.2. The molecule has 0 atom stereocenters. The van der Waals surface area contributed by atoms with Crippen LogP contribution in [0.5, 0.6) is 5.75 Å². The van der Waals surface area contributed by atoms with Gasteiger partial charge >= 0.3 is 0 Å². The van der Waals surface area contributed by atoms with Crippen LogP contribution < -0.4 is 15.4 Å². The highest BCUT2D eigenvalue weighted by Crippen LogP contribution is 2.28. The summed E-state index contributed by atoms with van der Waals surface area (Å²) in [6.45, 7) is 5.11. The van der Waals surface area contributed by atoms with Crippen LogP contribution in [0.1, 0.15) is 20.3 Å². The maximum atomic E-state index is 10.9. The second-order valence-electron chi connectivity index (χ2n) is 4.67. The number of nitrogens with zero attached hydrogens (tertiary/aromatic N) is 2. The van der Waals surface area contributed by atoms with Crippen molar-refractivity contribution in [2.75, 3.05) is 25.0 Å². The van der Waals surface area contributed by atoms with Crippen molar-refractivity contribution in [2.24, 2.45) is 5.73 Å². The number of hydrogen-bond acceptors (Lipinski definition) is 5. The Kier molecular flexibility index (Phi) is 5.57. The van der Waals surface area contributed by atoms with Crippen molar-refractivity contribution in [2.45, 2.75) is 26.4 Å². The molecule has 0 aliphatic carbocycles. The Bertz CT molecular complexity index is 435. The molecule has 19 heavy (non-hydrogen) atoms. The smallest absolute Gasteiger partial charge is 0.275 e. The summed E-state index contributed by atoms with van der Waals surface area (Å²) in [7, 11) is 1.88. The van der Waals surface area contributed by atoms with Gasteiger partial charge in [-0.1, -0.05) is 0 Å². The Labute approximate surface area is 113 Å². The quantitative estimate of drug-likeness (QED) is 0.604. The number of anilines is 1. The summed E-state index contributed by atoms with van der Waals surface area (Å²) < 4.78 is 5.54. The molecule has 1 aromatic rings. The van der Waals surface area contributed by atoms with E-state index >= 15 is 0 Å². The van der Waals surface area contributed by atoms with E-state index in [-0.39, 0.29) is 11.8 Å². The standard InChI is InChI=1S/C13H21N3O3/c1-10(2)19-13-8-11(15(3)6-4-5-14)7-12(9-13)16(17)18/h7-10H,4-6,14H2,1-3H3. The largest absolute Gasteiger partial charge is 0.491 e. The van der Waals surface area contributed by atoms with Crippen molar-refractivity contribution in [3.63, 3.8) is 0 Å². The van der Waals surface area contributed by atoms with Crippen molar-refractivity contribution in [1.82, 2.24) is 0 Å². The van der Waals surface area contributed by atoms with Crippen LogP contribution in [0.25, 0.3) is 0 Å². The lowest BCUT2D eigenvalue weighted by Gasteiger charge is -2.20. The fraction of sp³-hybridized carbons (Fsp3) is 0.538. The molecule has 0 amide bonds. The van der Waals surface area contributed by atoms with Gasteiger partial charge in [-0.3, -0.25) is 10.1 Å². The van der Waals surface area contributed by atoms with Crippen molar-refractivity contribution in [1.29, 1.82) is 0 Å². The van der Waals surface area contributed by atoms with E-state index < -0.39 is 4.92 Å². The number of nitro groups is 1. The van der Waals surface area contributed by atoms with Gasteiger partial charge in [-0.2, -0.15) is 0 Å². The van der Waals surface area contributed by atoms with E-state index in [0.29, 0.717) is 12.3 Å². The van der Waals surface area contributed by atoms with Crippen LogP contribution in [-0.4, -0.2) is 31.2 Å². The summed E-state index contributed by atoms with van der Waals surface area (Å²) in [4.78, 5) is 12.5. The summed E-state index contributed by atoms with van der Waals surface area (Å²) in [6, 6.07) is 4.80. The molecule has 0 aromatic heterocycles. The van der Waals surface area contributed by atoms with Crippen molar-refractivity contribution in [3.8, 4) is 5.75 Å². The van der Waals surface area contributed by atoms with Gasteiger partial charge in [0.2, 0.25) is 0 Å². The SMILES string of the molecule is CC(C)Oc1cc(N(C)CCCN)cc([N+](=O)[O-])c1. The molecule has 106 valence electrons. The minimum Gasteiger partial charge on any atom is -0.491 e. The van der Waals surface area contributed by atoms with Gasteiger partial charge in [-0.25, -0.2) is 0 Å². The van der Waals surface area contributed by atoms with E-state index in [0.717, 1.165) is 18.7 Å². The number of rotatable bonds is 7. The monoisotopic (exact) mass is 267 g/mol. The summed E-state index contributed by atoms with van der Waals surface area (Å²) in [5, 5.41) is 10.9. The molecular weight excluding hydrogens is 246 g/mol. The van der Waals surface area contributed by atoms with Gasteiger partial charge < -0.3 is 15.4 Å². The summed E-state index contributed by atoms with van der Waals surface area (Å²) in [5.74, 6) is 0.513. The number of benzene rings is 1. The van der Waals surface area contributed by atoms with Gasteiger partial charge in [0.1, 0.15) is 5.75 Å². The fourth-order valence-electron chi connectivity index (χ4n) is 1.69. The van der Waals surface area contributed by atoms with Crippen LogP contribution in [0.4, 0.5) is 11.4 Å². The third-order valence-electron chi connectivity index (χ3n) is 2.60. The van der Waals surface area contributed by atoms with Crippen LogP contribution >= 0.6 is 0 Å². The Morgan fingerprint density at radius 1 is 1.42 bits per heavy atom. The fourth-order valence-corrected chi connectivity index (χ4v) is 1.69. The molecule has 0 radical (unpaired) electrons. The van der Waals surface area contributed by atoms with Crippen molar-refractivity contribution < 1.29 is 9.66 Å². The summed E-state index contributed by atoms with van der Waals surface area (Å²) in [5.41, 5.74) is 6.27. The molecule has 1 aromatic carbocycles. The average molecular weight is 267 g/mol. The molecule has 2 N–H and O–H groups in total. The number of non-ortho nitro benzene ring substituents is 1. The lowest BCUT2D eigenvalue weighted by atomic mass is 10.2. The summed E-state index contributed by atoms with van der Waals surface area (Å²) >= 11 is 0. The van der Waals surface area contributed by atoms with Crippen LogP contribution in [-0.2, 0) is 0 Å². The zero-order chi connectivity index (χ0) is 14.4. The highest BCUT2D eigenvalue weighted by molar-refractivity contribution is 5.57. The van der Waals surface area contributed by atoms with Crippen LogP contribution in [0.15, 0.2) is 18.2 Å². The average Bonchev–Trinajstić information content (AvgIpc) is 2.34. The third-order valence-corrected chi connectivity index (χ3v) is 2.60. The van der Waals surface area contributed by atoms with E-state index in [4.69, 9.17) is 10.5 Å². The number of hydrogen-bond donors (Lipinski definition) is 1. The maximum Gasteiger partial charge on any atom is 0.275 e. The second kappa shape index (κ2) is 6.94. The molecular formula is C13H21N3O3. The maximum absolute atomic E-state index is 10.9. The number of ether oxygens (including phenoxy) is 1. The molecule has 0 unspecified atom stereocenters. The Morgan fingerprint density at radius 2 is 2.11 bits per heavy atom. The van der Waals surface area contributed by atoms with Crippen LogP contribution in [0.3, 0.4) is 0 Å². The van der Waals surface area contributed by atoms with Gasteiger partial charge in [0.05, 0.1) is 17.1 Å². The highest BCUT2D eigenvalue weighted by atomic mass is 16.6. The summed E-state index contributed by atoms with van der Waals surface area (Å²) in [6.07, 6.45) is 0.809. The van der Waals surface area contributed by atoms with E-state index in [1.807, 2.05) is 31.9 Å². The van der Waals surface area contributed by atoms with Gasteiger partial charge in [0.25, 0.3) is 5.69 Å². The van der Waals surface area contributed by atoms with E-state index in [9.17, 15) is 10.1 Å². The van der Waals surface area contributed by atoms with Gasteiger partial charge in [0, 0.05) is 31.4 Å². The molecule has 0 bridgehead atoms. The van der Waals surface area contributed by atoms with Crippen LogP contribution in [0.2, 0.25) is 0 Å². The predicted octanol–water partition coefficient (Wildman–Crippen LogP) is 2.17. The molecule has 6 heteroatoms. The van der Waals surface area contributed by atoms with E-state index in [1.165, 1.54) is 6.07 Å². The third kappa shape index (κ3) is 4.75. The minimum absolute atomic E-state index is 0.0239. The first-order valence-electron chi connectivity index (χ1n) is 6.31. The Hall–Kier alpha value is -1.82. The van der Waals surface area contributed by atoms with Crippen molar-refractivity contribution >= 4 is 11.4 Å². The molecule has 1 rings (SSSR count). The zero-order valence-corrected chi connectivity index (χ0v) is 11.6. The number of nitro benzene ring substituents is 1. The first-order valence-corrected chi connectivity index (χ1v) is 6.31. The molecule has 0 heterocycles. The number of nitrogens with two attached hydrogens (primary N) is 1. The minimum atomic E-state index is -0.409. The highest BCUT2D eigenvalue weighted by Gasteiger charge is 2.13. The molecule has 0 aliphatic heterocycles. The first-order chi connectivity index (χ1) is 8.93. The second-order valence-corrected chi connectivity index (χ2v) is 4.67. The predicted molar refractivity (Wildman–Crippen MR) is 75.8 cm³/mol. The Balaban J connectivity index is 3.01. The molecule has 0 spiro atoms. The topological polar surface area (TPSA) is 81.6 Å². The Morgan fingerprint density at radius 3 is 2.63 bits per heavy atom. The molecule has 0 aliphatic rings. The van der Waals surface area contributed by atoms with Gasteiger partial charge in [-0.15, -0.1) is 0 Å². The lowest BCUT2D eigenvalue weighted by molar-refractivity contribution is -0.384. The van der Waals surface area contributed by atoms with Gasteiger partial charge in [0.15, 0.2) is 0 Å². The normalized spacial score (nSPS) is 10.6. The lowest BCUT2D eigenvalue weighted by Crippen LogP contribution is -2.21. The molecule has 6 nitrogen and oxygen atoms in total.